The van der Waals surface area contributed by atoms with Gasteiger partial charge in [0.1, 0.15) is 0 Å². The molecule has 0 atom stereocenters. The second kappa shape index (κ2) is 3.87. The maximum Gasteiger partial charge on any atom is 0.212 e. The zero-order valence-corrected chi connectivity index (χ0v) is 10.0. The Bertz CT molecular complexity index is 526. The fourth-order valence-corrected chi connectivity index (χ4v) is 2.11. The molecule has 0 radical (unpaired) electrons. The number of hydrogen-bond acceptors (Lipinski definition) is 3. The summed E-state index contributed by atoms with van der Waals surface area (Å²) in [4.78, 5) is 4.25. The minimum Gasteiger partial charge on any atom is -0.481 e. The van der Waals surface area contributed by atoms with Crippen molar-refractivity contribution in [3.8, 4) is 17.0 Å². The van der Waals surface area contributed by atoms with Crippen LogP contribution in [0.25, 0.3) is 11.1 Å². The van der Waals surface area contributed by atoms with E-state index < -0.39 is 0 Å². The van der Waals surface area contributed by atoms with E-state index in [9.17, 15) is 0 Å². The normalized spacial score (nSPS) is 14.9. The van der Waals surface area contributed by atoms with Gasteiger partial charge in [0.2, 0.25) is 5.88 Å². The van der Waals surface area contributed by atoms with Crippen molar-refractivity contribution in [2.45, 2.75) is 25.7 Å². The number of ether oxygens (including phenoxy) is 1. The lowest BCUT2D eigenvalue weighted by atomic mass is 10.0. The minimum atomic E-state index is 0.636. The molecule has 0 aromatic carbocycles. The van der Waals surface area contributed by atoms with E-state index in [1.165, 1.54) is 24.1 Å². The Hall–Kier alpha value is -1.84. The van der Waals surface area contributed by atoms with Crippen LogP contribution in [0.1, 0.15) is 30.1 Å². The van der Waals surface area contributed by atoms with Crippen LogP contribution >= 0.6 is 0 Å². The first-order chi connectivity index (χ1) is 8.29. The van der Waals surface area contributed by atoms with E-state index >= 15 is 0 Å². The molecule has 2 aromatic rings. The first-order valence-electron chi connectivity index (χ1n) is 5.85. The highest BCUT2D eigenvalue weighted by molar-refractivity contribution is 5.69. The standard InChI is InChI=1S/C13H15N3O/c1-8-12(13(16-15-8)9-3-4-9)10-5-6-11(17-2)14-7-10/h5-7,9H,3-4H2,1-2H3,(H,15,16). The molecular formula is C13H15N3O. The molecule has 88 valence electrons. The highest BCUT2D eigenvalue weighted by atomic mass is 16.5. The number of aromatic nitrogens is 3. The van der Waals surface area contributed by atoms with Gasteiger partial charge in [-0.1, -0.05) is 0 Å². The quantitative estimate of drug-likeness (QED) is 0.880. The third-order valence-electron chi connectivity index (χ3n) is 3.17. The molecule has 2 aromatic heterocycles. The molecule has 1 N–H and O–H groups in total. The summed E-state index contributed by atoms with van der Waals surface area (Å²) in [7, 11) is 1.63. The van der Waals surface area contributed by atoms with E-state index in [1.54, 1.807) is 7.11 Å². The fraction of sp³-hybridized carbons (Fsp3) is 0.385. The Morgan fingerprint density at radius 1 is 1.35 bits per heavy atom. The number of pyridine rings is 1. The Morgan fingerprint density at radius 2 is 2.18 bits per heavy atom. The van der Waals surface area contributed by atoms with E-state index in [-0.39, 0.29) is 0 Å². The average Bonchev–Trinajstić information content (AvgIpc) is 3.13. The fourth-order valence-electron chi connectivity index (χ4n) is 2.11. The molecule has 0 saturated heterocycles. The predicted octanol–water partition coefficient (Wildman–Crippen LogP) is 2.67. The third kappa shape index (κ3) is 1.79. The second-order valence-electron chi connectivity index (χ2n) is 4.47. The summed E-state index contributed by atoms with van der Waals surface area (Å²) in [6.45, 7) is 2.05. The molecular weight excluding hydrogens is 214 g/mol. The summed E-state index contributed by atoms with van der Waals surface area (Å²) in [6.07, 6.45) is 4.35. The number of nitrogens with zero attached hydrogens (tertiary/aromatic N) is 2. The van der Waals surface area contributed by atoms with Crippen molar-refractivity contribution >= 4 is 0 Å². The third-order valence-corrected chi connectivity index (χ3v) is 3.17. The van der Waals surface area contributed by atoms with E-state index in [2.05, 4.69) is 22.1 Å². The monoisotopic (exact) mass is 229 g/mol. The zero-order chi connectivity index (χ0) is 11.8. The molecule has 0 unspecified atom stereocenters. The minimum absolute atomic E-state index is 0.636. The summed E-state index contributed by atoms with van der Waals surface area (Å²) in [6, 6.07) is 3.92. The van der Waals surface area contributed by atoms with Gasteiger partial charge in [-0.2, -0.15) is 5.10 Å². The largest absolute Gasteiger partial charge is 0.481 e. The molecule has 1 fully saturated rings. The van der Waals surface area contributed by atoms with Crippen molar-refractivity contribution in [2.75, 3.05) is 7.11 Å². The molecule has 17 heavy (non-hydrogen) atoms. The molecule has 2 heterocycles. The van der Waals surface area contributed by atoms with Gasteiger partial charge in [0.05, 0.1) is 12.8 Å². The first kappa shape index (κ1) is 10.3. The Kier molecular flexibility index (Phi) is 2.35. The number of nitrogens with one attached hydrogen (secondary N) is 1. The summed E-state index contributed by atoms with van der Waals surface area (Å²) in [5, 5.41) is 7.49. The van der Waals surface area contributed by atoms with Crippen LogP contribution in [-0.2, 0) is 0 Å². The smallest absolute Gasteiger partial charge is 0.212 e. The topological polar surface area (TPSA) is 50.8 Å². The summed E-state index contributed by atoms with van der Waals surface area (Å²) in [5.41, 5.74) is 4.62. The van der Waals surface area contributed by atoms with Crippen molar-refractivity contribution in [2.24, 2.45) is 0 Å². The van der Waals surface area contributed by atoms with Gasteiger partial charge in [0, 0.05) is 35.0 Å². The van der Waals surface area contributed by atoms with E-state index in [1.807, 2.05) is 18.3 Å². The lowest BCUT2D eigenvalue weighted by molar-refractivity contribution is 0.398. The Balaban J connectivity index is 2.04. The Labute approximate surface area is 100 Å². The molecule has 3 rings (SSSR count). The number of aryl methyl sites for hydroxylation is 1. The van der Waals surface area contributed by atoms with Crippen LogP contribution in [0.3, 0.4) is 0 Å². The molecule has 1 saturated carbocycles. The number of aromatic amines is 1. The molecule has 1 aliphatic carbocycles. The van der Waals surface area contributed by atoms with Crippen LogP contribution < -0.4 is 4.74 Å². The van der Waals surface area contributed by atoms with E-state index in [0.29, 0.717) is 11.8 Å². The summed E-state index contributed by atoms with van der Waals surface area (Å²) in [5.74, 6) is 1.28. The number of H-pyrrole nitrogens is 1. The van der Waals surface area contributed by atoms with Gasteiger partial charge in [-0.05, 0) is 25.8 Å². The lowest BCUT2D eigenvalue weighted by Gasteiger charge is -2.04. The van der Waals surface area contributed by atoms with Crippen LogP contribution in [0.5, 0.6) is 5.88 Å². The molecule has 0 bridgehead atoms. The maximum absolute atomic E-state index is 5.07. The van der Waals surface area contributed by atoms with Gasteiger partial charge in [-0.25, -0.2) is 4.98 Å². The SMILES string of the molecule is COc1ccc(-c2c(C3CC3)n[nH]c2C)cn1. The average molecular weight is 229 g/mol. The van der Waals surface area contributed by atoms with Crippen molar-refractivity contribution in [1.82, 2.24) is 15.2 Å². The first-order valence-corrected chi connectivity index (χ1v) is 5.85. The summed E-state index contributed by atoms with van der Waals surface area (Å²) >= 11 is 0. The number of methoxy groups -OCH3 is 1. The molecule has 1 aliphatic rings. The van der Waals surface area contributed by atoms with Crippen LogP contribution in [0.15, 0.2) is 18.3 Å². The predicted molar refractivity (Wildman–Crippen MR) is 65.1 cm³/mol. The van der Waals surface area contributed by atoms with Crippen molar-refractivity contribution in [3.63, 3.8) is 0 Å². The maximum atomic E-state index is 5.07. The van der Waals surface area contributed by atoms with Crippen LogP contribution in [0.2, 0.25) is 0 Å². The Morgan fingerprint density at radius 3 is 2.76 bits per heavy atom. The molecule has 0 amide bonds. The molecule has 4 heteroatoms. The van der Waals surface area contributed by atoms with Gasteiger partial charge < -0.3 is 4.74 Å². The zero-order valence-electron chi connectivity index (χ0n) is 10.0. The lowest BCUT2D eigenvalue weighted by Crippen LogP contribution is -1.90. The summed E-state index contributed by atoms with van der Waals surface area (Å²) < 4.78 is 5.07. The number of hydrogen-bond donors (Lipinski definition) is 1. The van der Waals surface area contributed by atoms with Crippen LogP contribution in [0, 0.1) is 6.92 Å². The van der Waals surface area contributed by atoms with Gasteiger partial charge in [0.25, 0.3) is 0 Å². The van der Waals surface area contributed by atoms with Crippen molar-refractivity contribution in [3.05, 3.63) is 29.7 Å². The van der Waals surface area contributed by atoms with Gasteiger partial charge in [-0.3, -0.25) is 5.10 Å². The van der Waals surface area contributed by atoms with E-state index in [4.69, 9.17) is 4.74 Å². The van der Waals surface area contributed by atoms with Gasteiger partial charge in [-0.15, -0.1) is 0 Å². The van der Waals surface area contributed by atoms with Crippen LogP contribution in [0.4, 0.5) is 0 Å². The highest BCUT2D eigenvalue weighted by Crippen LogP contribution is 2.44. The van der Waals surface area contributed by atoms with Gasteiger partial charge >= 0.3 is 0 Å². The van der Waals surface area contributed by atoms with Crippen molar-refractivity contribution < 1.29 is 4.74 Å². The second-order valence-corrected chi connectivity index (χ2v) is 4.47. The van der Waals surface area contributed by atoms with Crippen molar-refractivity contribution in [1.29, 1.82) is 0 Å². The van der Waals surface area contributed by atoms with Crippen LogP contribution in [-0.4, -0.2) is 22.3 Å². The van der Waals surface area contributed by atoms with E-state index in [0.717, 1.165) is 11.3 Å². The number of rotatable bonds is 3. The molecule has 0 aliphatic heterocycles. The molecule has 4 nitrogen and oxygen atoms in total. The highest BCUT2D eigenvalue weighted by Gasteiger charge is 2.30. The van der Waals surface area contributed by atoms with Gasteiger partial charge in [0.15, 0.2) is 0 Å². The molecule has 0 spiro atoms.